The Morgan fingerprint density at radius 1 is 1.46 bits per heavy atom. The number of aliphatic imine (C=N–C) groups is 1. The highest BCUT2D eigenvalue weighted by molar-refractivity contribution is 9.11. The highest BCUT2D eigenvalue weighted by Gasteiger charge is 2.19. The van der Waals surface area contributed by atoms with Gasteiger partial charge in [0.15, 0.2) is 0 Å². The lowest BCUT2D eigenvalue weighted by Crippen LogP contribution is -2.22. The fourth-order valence-corrected chi connectivity index (χ4v) is 2.58. The molecule has 0 aromatic heterocycles. The van der Waals surface area contributed by atoms with Crippen molar-refractivity contribution in [2.75, 3.05) is 20.8 Å². The first kappa shape index (κ1) is 22.3. The van der Waals surface area contributed by atoms with Crippen LogP contribution in [0, 0.1) is 5.82 Å². The lowest BCUT2D eigenvalue weighted by molar-refractivity contribution is -0.104. The Kier molecular flexibility index (Phi) is 8.92. The molecule has 1 aromatic rings. The molecule has 0 unspecified atom stereocenters. The van der Waals surface area contributed by atoms with Gasteiger partial charge in [0.05, 0.1) is 18.0 Å². The number of hydrogen-bond donors (Lipinski definition) is 0. The van der Waals surface area contributed by atoms with Gasteiger partial charge < -0.3 is 9.64 Å². The van der Waals surface area contributed by atoms with E-state index in [-0.39, 0.29) is 0 Å². The Hall–Kier alpha value is -1.76. The summed E-state index contributed by atoms with van der Waals surface area (Å²) in [5.41, 5.74) is 3.27. The Balaban J connectivity index is 0.000000321. The average Bonchev–Trinajstić information content (AvgIpc) is 2.58. The molecular weight excluding hydrogens is 423 g/mol. The van der Waals surface area contributed by atoms with E-state index < -0.39 is 5.82 Å². The summed E-state index contributed by atoms with van der Waals surface area (Å²) in [4.78, 5) is 16.1. The second-order valence-electron chi connectivity index (χ2n) is 5.61. The van der Waals surface area contributed by atoms with Gasteiger partial charge in [0.1, 0.15) is 16.7 Å². The fraction of sp³-hybridized carbons (Fsp3) is 0.263. The number of ether oxygens (including phenoxy) is 1. The molecule has 0 amide bonds. The van der Waals surface area contributed by atoms with Gasteiger partial charge in [-0.15, -0.1) is 0 Å². The number of likely N-dealkylation sites (N-methyl/N-ethyl adjacent to an activating group) is 1. The van der Waals surface area contributed by atoms with E-state index in [0.29, 0.717) is 33.2 Å². The molecule has 0 bridgehead atoms. The number of methoxy groups -OCH3 is 1. The van der Waals surface area contributed by atoms with Crippen LogP contribution in [-0.4, -0.2) is 37.7 Å². The maximum Gasteiger partial charge on any atom is 0.145 e. The third kappa shape index (κ3) is 6.20. The minimum atomic E-state index is -0.409. The van der Waals surface area contributed by atoms with Crippen LogP contribution in [0.5, 0.6) is 0 Å². The highest BCUT2D eigenvalue weighted by Crippen LogP contribution is 2.25. The number of allylic oxidation sites excluding steroid dienone is 2. The Labute approximate surface area is 166 Å². The Morgan fingerprint density at radius 2 is 2.12 bits per heavy atom. The van der Waals surface area contributed by atoms with E-state index in [1.807, 2.05) is 14.0 Å². The van der Waals surface area contributed by atoms with Crippen LogP contribution in [-0.2, 0) is 9.53 Å². The number of rotatable bonds is 4. The average molecular weight is 444 g/mol. The standard InChI is InChI=1S/C12H9BrClFN2.C7H12O2/c1-7-12(16-11(13)6-17(7)2)9-4-3-8(14)5-10(9)15;1-6(4-8)7(2)5-9-3/h3-6H,1H2,2H3;4H,5H2,1-3H3/b;7-6+. The highest BCUT2D eigenvalue weighted by atomic mass is 79.9. The van der Waals surface area contributed by atoms with Gasteiger partial charge in [-0.1, -0.05) is 18.2 Å². The first-order chi connectivity index (χ1) is 12.2. The van der Waals surface area contributed by atoms with Gasteiger partial charge in [-0.25, -0.2) is 9.38 Å². The number of carbonyl (C=O) groups is 1. The molecule has 0 fully saturated rings. The minimum absolute atomic E-state index is 0.358. The van der Waals surface area contributed by atoms with Crippen molar-refractivity contribution >= 4 is 39.5 Å². The van der Waals surface area contributed by atoms with E-state index in [1.165, 1.54) is 6.07 Å². The fourth-order valence-electron chi connectivity index (χ4n) is 1.93. The van der Waals surface area contributed by atoms with Gasteiger partial charge in [-0.2, -0.15) is 0 Å². The summed E-state index contributed by atoms with van der Waals surface area (Å²) in [6.07, 6.45) is 2.61. The van der Waals surface area contributed by atoms with Crippen LogP contribution in [0.3, 0.4) is 0 Å². The molecule has 1 aromatic carbocycles. The summed E-state index contributed by atoms with van der Waals surface area (Å²) in [5, 5.41) is 0.358. The number of benzene rings is 1. The zero-order valence-electron chi connectivity index (χ0n) is 15.1. The summed E-state index contributed by atoms with van der Waals surface area (Å²) in [6.45, 7) is 8.09. The zero-order chi connectivity index (χ0) is 19.9. The van der Waals surface area contributed by atoms with Crippen LogP contribution in [0.1, 0.15) is 19.4 Å². The minimum Gasteiger partial charge on any atom is -0.380 e. The molecule has 0 radical (unpaired) electrons. The van der Waals surface area contributed by atoms with E-state index in [4.69, 9.17) is 16.3 Å². The van der Waals surface area contributed by atoms with E-state index in [0.717, 1.165) is 17.4 Å². The van der Waals surface area contributed by atoms with Crippen LogP contribution >= 0.6 is 27.5 Å². The molecule has 0 spiro atoms. The second-order valence-corrected chi connectivity index (χ2v) is 6.86. The first-order valence-electron chi connectivity index (χ1n) is 7.65. The molecule has 1 aliphatic heterocycles. The summed E-state index contributed by atoms with van der Waals surface area (Å²) in [6, 6.07) is 4.49. The van der Waals surface area contributed by atoms with Crippen LogP contribution in [0.2, 0.25) is 5.02 Å². The van der Waals surface area contributed by atoms with Crippen LogP contribution in [0.15, 0.2) is 57.4 Å². The molecule has 0 atom stereocenters. The predicted molar refractivity (Wildman–Crippen MR) is 108 cm³/mol. The van der Waals surface area contributed by atoms with Crippen LogP contribution < -0.4 is 0 Å². The van der Waals surface area contributed by atoms with Crippen molar-refractivity contribution in [3.05, 3.63) is 68.8 Å². The second kappa shape index (κ2) is 10.4. The van der Waals surface area contributed by atoms with Crippen LogP contribution in [0.25, 0.3) is 0 Å². The molecule has 0 aliphatic carbocycles. The Bertz CT molecular complexity index is 788. The molecule has 2 rings (SSSR count). The molecule has 0 saturated heterocycles. The van der Waals surface area contributed by atoms with Crippen molar-refractivity contribution < 1.29 is 13.9 Å². The number of halogens is 3. The van der Waals surface area contributed by atoms with E-state index in [2.05, 4.69) is 27.5 Å². The van der Waals surface area contributed by atoms with Crippen LogP contribution in [0.4, 0.5) is 4.39 Å². The molecule has 0 saturated carbocycles. The van der Waals surface area contributed by atoms with Crippen molar-refractivity contribution in [1.29, 1.82) is 0 Å². The summed E-state index contributed by atoms with van der Waals surface area (Å²) in [7, 11) is 3.44. The van der Waals surface area contributed by atoms with Gasteiger partial charge in [0, 0.05) is 30.9 Å². The van der Waals surface area contributed by atoms with Gasteiger partial charge in [-0.05, 0) is 59.1 Å². The van der Waals surface area contributed by atoms with Crippen molar-refractivity contribution in [2.45, 2.75) is 13.8 Å². The topological polar surface area (TPSA) is 41.9 Å². The zero-order valence-corrected chi connectivity index (χ0v) is 17.5. The maximum atomic E-state index is 13.8. The molecule has 7 heteroatoms. The van der Waals surface area contributed by atoms with Gasteiger partial charge in [-0.3, -0.25) is 4.79 Å². The van der Waals surface area contributed by atoms with E-state index in [1.54, 1.807) is 37.3 Å². The lowest BCUT2D eigenvalue weighted by Gasteiger charge is -2.23. The number of hydrogen-bond acceptors (Lipinski definition) is 4. The quantitative estimate of drug-likeness (QED) is 0.370. The summed E-state index contributed by atoms with van der Waals surface area (Å²) < 4.78 is 19.2. The molecule has 4 nitrogen and oxygen atoms in total. The predicted octanol–water partition coefficient (Wildman–Crippen LogP) is 5.09. The Morgan fingerprint density at radius 3 is 2.65 bits per heavy atom. The molecule has 1 aliphatic rings. The number of aldehydes is 1. The van der Waals surface area contributed by atoms with Crippen molar-refractivity contribution in [2.24, 2.45) is 4.99 Å². The largest absolute Gasteiger partial charge is 0.380 e. The number of carbonyl (C=O) groups excluding carboxylic acids is 1. The molecule has 26 heavy (non-hydrogen) atoms. The first-order valence-corrected chi connectivity index (χ1v) is 8.82. The van der Waals surface area contributed by atoms with Crippen molar-refractivity contribution in [3.8, 4) is 0 Å². The number of nitrogens with zero attached hydrogens (tertiary/aromatic N) is 2. The van der Waals surface area contributed by atoms with E-state index >= 15 is 0 Å². The third-order valence-corrected chi connectivity index (χ3v) is 4.23. The smallest absolute Gasteiger partial charge is 0.145 e. The SMILES string of the molecule is C=C1C(c2ccc(Cl)cc2F)=NC(Br)=CN1C.COC/C(C)=C(\C)C=O. The summed E-state index contributed by atoms with van der Waals surface area (Å²) >= 11 is 8.99. The molecule has 0 N–H and O–H groups in total. The summed E-state index contributed by atoms with van der Waals surface area (Å²) in [5.74, 6) is -0.409. The van der Waals surface area contributed by atoms with Crippen molar-refractivity contribution in [1.82, 2.24) is 4.90 Å². The third-order valence-electron chi connectivity index (χ3n) is 3.61. The van der Waals surface area contributed by atoms with Crippen molar-refractivity contribution in [3.63, 3.8) is 0 Å². The lowest BCUT2D eigenvalue weighted by atomic mass is 10.1. The van der Waals surface area contributed by atoms with Gasteiger partial charge in [0.25, 0.3) is 0 Å². The monoisotopic (exact) mass is 442 g/mol. The maximum absolute atomic E-state index is 13.8. The molecule has 140 valence electrons. The van der Waals surface area contributed by atoms with Gasteiger partial charge in [0.2, 0.25) is 0 Å². The van der Waals surface area contributed by atoms with E-state index in [9.17, 15) is 9.18 Å². The molecular formula is C19H21BrClFN2O2. The molecule has 1 heterocycles. The normalized spacial score (nSPS) is 14.7. The van der Waals surface area contributed by atoms with Gasteiger partial charge >= 0.3 is 0 Å².